The molecule has 0 atom stereocenters. The van der Waals surface area contributed by atoms with Crippen LogP contribution in [-0.4, -0.2) is 9.78 Å². The maximum atomic E-state index is 6.18. The van der Waals surface area contributed by atoms with E-state index in [-0.39, 0.29) is 5.54 Å². The predicted molar refractivity (Wildman–Crippen MR) is 66.5 cm³/mol. The molecule has 0 aliphatic rings. The van der Waals surface area contributed by atoms with Gasteiger partial charge in [0.05, 0.1) is 17.4 Å². The molecule has 2 rings (SSSR count). The van der Waals surface area contributed by atoms with Gasteiger partial charge < -0.3 is 0 Å². The van der Waals surface area contributed by atoms with Gasteiger partial charge in [-0.1, -0.05) is 29.8 Å². The fraction of sp³-hybridized carbons (Fsp3) is 0.308. The van der Waals surface area contributed by atoms with E-state index in [9.17, 15) is 0 Å². The van der Waals surface area contributed by atoms with Gasteiger partial charge in [0.1, 0.15) is 0 Å². The standard InChI is InChI=1S/C13H14ClN2/c1-13(2,3)16-12(8-9-15-16)10-6-4-5-7-11(10)14/h4-7,9H,1-3H3. The lowest BCUT2D eigenvalue weighted by Crippen LogP contribution is -2.23. The molecule has 3 heteroatoms. The molecule has 1 aromatic carbocycles. The first-order valence-electron chi connectivity index (χ1n) is 5.21. The number of hydrogen-bond acceptors (Lipinski definition) is 1. The Labute approximate surface area is 101 Å². The van der Waals surface area contributed by atoms with Crippen LogP contribution >= 0.6 is 11.6 Å². The maximum absolute atomic E-state index is 6.18. The minimum absolute atomic E-state index is 0.0749. The lowest BCUT2D eigenvalue weighted by atomic mass is 10.1. The van der Waals surface area contributed by atoms with Crippen LogP contribution in [0.3, 0.4) is 0 Å². The Morgan fingerprint density at radius 2 is 1.94 bits per heavy atom. The van der Waals surface area contributed by atoms with Crippen LogP contribution in [0, 0.1) is 6.07 Å². The molecule has 0 unspecified atom stereocenters. The van der Waals surface area contributed by atoms with Crippen LogP contribution in [0.4, 0.5) is 0 Å². The average Bonchev–Trinajstić information content (AvgIpc) is 2.66. The average molecular weight is 234 g/mol. The summed E-state index contributed by atoms with van der Waals surface area (Å²) in [6.07, 6.45) is 1.68. The minimum atomic E-state index is -0.0749. The normalized spacial score (nSPS) is 11.8. The zero-order valence-electron chi connectivity index (χ0n) is 9.66. The van der Waals surface area contributed by atoms with Crippen molar-refractivity contribution in [1.29, 1.82) is 0 Å². The highest BCUT2D eigenvalue weighted by Crippen LogP contribution is 2.29. The molecule has 0 aliphatic carbocycles. The first-order chi connectivity index (χ1) is 7.50. The molecule has 16 heavy (non-hydrogen) atoms. The first-order valence-corrected chi connectivity index (χ1v) is 5.59. The third-order valence-electron chi connectivity index (χ3n) is 2.35. The van der Waals surface area contributed by atoms with E-state index in [1.165, 1.54) is 0 Å². The Morgan fingerprint density at radius 3 is 2.56 bits per heavy atom. The number of hydrogen-bond donors (Lipinski definition) is 0. The molecular formula is C13H14ClN2. The van der Waals surface area contributed by atoms with E-state index in [4.69, 9.17) is 11.6 Å². The molecule has 0 aliphatic heterocycles. The van der Waals surface area contributed by atoms with Gasteiger partial charge in [-0.3, -0.25) is 4.68 Å². The smallest absolute Gasteiger partial charge is 0.0783 e. The Hall–Kier alpha value is -1.28. The molecule has 0 saturated carbocycles. The quantitative estimate of drug-likeness (QED) is 0.734. The number of benzene rings is 1. The third-order valence-corrected chi connectivity index (χ3v) is 2.68. The fourth-order valence-corrected chi connectivity index (χ4v) is 1.85. The van der Waals surface area contributed by atoms with Crippen LogP contribution in [-0.2, 0) is 5.54 Å². The molecule has 1 aromatic heterocycles. The zero-order valence-corrected chi connectivity index (χ0v) is 10.4. The van der Waals surface area contributed by atoms with Crippen LogP contribution < -0.4 is 0 Å². The molecule has 83 valence electrons. The van der Waals surface area contributed by atoms with Gasteiger partial charge in [-0.15, -0.1) is 0 Å². The second-order valence-corrected chi connectivity index (χ2v) is 5.11. The van der Waals surface area contributed by atoms with Gasteiger partial charge in [0.2, 0.25) is 0 Å². The molecule has 2 nitrogen and oxygen atoms in total. The molecule has 0 bridgehead atoms. The van der Waals surface area contributed by atoms with Gasteiger partial charge in [-0.25, -0.2) is 0 Å². The molecule has 0 saturated heterocycles. The highest BCUT2D eigenvalue weighted by atomic mass is 35.5. The summed E-state index contributed by atoms with van der Waals surface area (Å²) in [4.78, 5) is 0. The van der Waals surface area contributed by atoms with Crippen LogP contribution in [0.5, 0.6) is 0 Å². The van der Waals surface area contributed by atoms with Crippen molar-refractivity contribution in [1.82, 2.24) is 9.78 Å². The van der Waals surface area contributed by atoms with E-state index >= 15 is 0 Å². The molecule has 0 fully saturated rings. The Kier molecular flexibility index (Phi) is 2.76. The van der Waals surface area contributed by atoms with E-state index in [0.29, 0.717) is 0 Å². The van der Waals surface area contributed by atoms with Crippen molar-refractivity contribution in [3.8, 4) is 11.3 Å². The van der Waals surface area contributed by atoms with Crippen molar-refractivity contribution in [2.75, 3.05) is 0 Å². The first kappa shape index (κ1) is 11.2. The van der Waals surface area contributed by atoms with E-state index in [0.717, 1.165) is 16.3 Å². The van der Waals surface area contributed by atoms with Crippen molar-refractivity contribution in [2.24, 2.45) is 0 Å². The molecule has 1 heterocycles. The number of nitrogens with zero attached hydrogens (tertiary/aromatic N) is 2. The summed E-state index contributed by atoms with van der Waals surface area (Å²) >= 11 is 6.18. The number of rotatable bonds is 1. The number of halogens is 1. The summed E-state index contributed by atoms with van der Waals surface area (Å²) in [5, 5.41) is 5.03. The largest absolute Gasteiger partial charge is 0.259 e. The molecule has 0 N–H and O–H groups in total. The van der Waals surface area contributed by atoms with Gasteiger partial charge in [-0.05, 0) is 26.8 Å². The summed E-state index contributed by atoms with van der Waals surface area (Å²) in [6, 6.07) is 10.9. The number of aromatic nitrogens is 2. The summed E-state index contributed by atoms with van der Waals surface area (Å²) in [5.41, 5.74) is 1.82. The van der Waals surface area contributed by atoms with Gasteiger partial charge in [0, 0.05) is 16.7 Å². The molecule has 1 radical (unpaired) electrons. The summed E-state index contributed by atoms with van der Waals surface area (Å²) < 4.78 is 1.94. The Morgan fingerprint density at radius 1 is 1.25 bits per heavy atom. The van der Waals surface area contributed by atoms with E-state index in [1.807, 2.05) is 28.9 Å². The third kappa shape index (κ3) is 1.98. The fourth-order valence-electron chi connectivity index (χ4n) is 1.62. The van der Waals surface area contributed by atoms with Gasteiger partial charge in [0.15, 0.2) is 0 Å². The van der Waals surface area contributed by atoms with E-state index in [2.05, 4.69) is 31.9 Å². The SMILES string of the molecule is CC(C)(C)n1nc[c]c1-c1ccccc1Cl. The highest BCUT2D eigenvalue weighted by Gasteiger charge is 2.19. The molecular weight excluding hydrogens is 220 g/mol. The van der Waals surface area contributed by atoms with Crippen LogP contribution in [0.15, 0.2) is 30.5 Å². The van der Waals surface area contributed by atoms with Gasteiger partial charge in [-0.2, -0.15) is 5.10 Å². The topological polar surface area (TPSA) is 17.8 Å². The zero-order chi connectivity index (χ0) is 11.8. The molecule has 0 amide bonds. The van der Waals surface area contributed by atoms with E-state index < -0.39 is 0 Å². The van der Waals surface area contributed by atoms with Crippen molar-refractivity contribution in [2.45, 2.75) is 26.3 Å². The van der Waals surface area contributed by atoms with Crippen molar-refractivity contribution in [3.05, 3.63) is 41.6 Å². The lowest BCUT2D eigenvalue weighted by molar-refractivity contribution is 0.360. The van der Waals surface area contributed by atoms with Crippen LogP contribution in [0.1, 0.15) is 20.8 Å². The van der Waals surface area contributed by atoms with Crippen molar-refractivity contribution in [3.63, 3.8) is 0 Å². The van der Waals surface area contributed by atoms with Gasteiger partial charge in [0.25, 0.3) is 0 Å². The lowest BCUT2D eigenvalue weighted by Gasteiger charge is -2.22. The summed E-state index contributed by atoms with van der Waals surface area (Å²) in [7, 11) is 0. The molecule has 2 aromatic rings. The second-order valence-electron chi connectivity index (χ2n) is 4.70. The van der Waals surface area contributed by atoms with Crippen molar-refractivity contribution < 1.29 is 0 Å². The highest BCUT2D eigenvalue weighted by molar-refractivity contribution is 6.33. The van der Waals surface area contributed by atoms with Crippen LogP contribution in [0.2, 0.25) is 5.02 Å². The Balaban J connectivity index is 2.58. The van der Waals surface area contributed by atoms with Crippen molar-refractivity contribution >= 4 is 11.6 Å². The minimum Gasteiger partial charge on any atom is -0.259 e. The Bertz CT molecular complexity index is 495. The molecule has 0 spiro atoms. The van der Waals surface area contributed by atoms with Gasteiger partial charge >= 0.3 is 0 Å². The van der Waals surface area contributed by atoms with E-state index in [1.54, 1.807) is 6.20 Å². The summed E-state index contributed by atoms with van der Waals surface area (Å²) in [5.74, 6) is 0. The predicted octanol–water partition coefficient (Wildman–Crippen LogP) is 3.76. The second kappa shape index (κ2) is 3.95. The maximum Gasteiger partial charge on any atom is 0.0783 e. The monoisotopic (exact) mass is 233 g/mol. The van der Waals surface area contributed by atoms with Crippen LogP contribution in [0.25, 0.3) is 11.3 Å². The summed E-state index contributed by atoms with van der Waals surface area (Å²) in [6.45, 7) is 6.32.